The summed E-state index contributed by atoms with van der Waals surface area (Å²) in [5.41, 5.74) is 0.354. The van der Waals surface area contributed by atoms with E-state index in [1.165, 1.54) is 6.33 Å². The maximum atomic E-state index is 12.0. The van der Waals surface area contributed by atoms with Crippen molar-refractivity contribution in [3.8, 4) is 0 Å². The second-order valence-corrected chi connectivity index (χ2v) is 5.16. The maximum absolute atomic E-state index is 12.0. The van der Waals surface area contributed by atoms with Crippen molar-refractivity contribution in [2.75, 3.05) is 36.0 Å². The lowest BCUT2D eigenvalue weighted by Gasteiger charge is -2.35. The zero-order chi connectivity index (χ0) is 14.9. The Hall–Kier alpha value is -2.90. The molecule has 0 amide bonds. The zero-order valence-corrected chi connectivity index (χ0v) is 11.9. The molecule has 3 aromatic rings. The second kappa shape index (κ2) is 5.14. The van der Waals surface area contributed by atoms with Crippen molar-refractivity contribution in [3.63, 3.8) is 0 Å². The first-order valence-corrected chi connectivity index (χ1v) is 7.15. The number of aromatic nitrogens is 5. The third kappa shape index (κ3) is 2.09. The van der Waals surface area contributed by atoms with Crippen LogP contribution in [0.4, 0.5) is 11.6 Å². The van der Waals surface area contributed by atoms with E-state index >= 15 is 0 Å². The molecule has 2 N–H and O–H groups in total. The normalized spacial score (nSPS) is 15.5. The average molecular weight is 297 g/mol. The first kappa shape index (κ1) is 12.8. The standard InChI is InChI=1S/C14H15N7O/c22-14-11-12(16-9-17-14)18-19-13(11)21-7-5-20(6-8-21)10-3-1-2-4-15-10/h1-4,9H,5-8H2,(H2,16,17,18,19,22). The van der Waals surface area contributed by atoms with Gasteiger partial charge in [-0.25, -0.2) is 9.97 Å². The number of H-pyrrole nitrogens is 2. The van der Waals surface area contributed by atoms with Gasteiger partial charge in [0.25, 0.3) is 5.56 Å². The predicted octanol–water partition coefficient (Wildman–Crippen LogP) is 0.368. The highest BCUT2D eigenvalue weighted by Gasteiger charge is 2.22. The number of fused-ring (bicyclic) bond motifs is 1. The Labute approximate surface area is 125 Å². The van der Waals surface area contributed by atoms with Crippen molar-refractivity contribution < 1.29 is 0 Å². The Morgan fingerprint density at radius 3 is 2.64 bits per heavy atom. The number of nitrogens with one attached hydrogen (secondary N) is 2. The number of rotatable bonds is 2. The largest absolute Gasteiger partial charge is 0.353 e. The molecule has 1 fully saturated rings. The number of anilines is 2. The zero-order valence-electron chi connectivity index (χ0n) is 11.9. The number of hydrogen-bond donors (Lipinski definition) is 2. The lowest BCUT2D eigenvalue weighted by Crippen LogP contribution is -2.47. The highest BCUT2D eigenvalue weighted by Crippen LogP contribution is 2.21. The lowest BCUT2D eigenvalue weighted by molar-refractivity contribution is 0.642. The van der Waals surface area contributed by atoms with Crippen molar-refractivity contribution in [2.24, 2.45) is 0 Å². The first-order chi connectivity index (χ1) is 10.8. The number of nitrogens with zero attached hydrogens (tertiary/aromatic N) is 5. The van der Waals surface area contributed by atoms with E-state index in [9.17, 15) is 4.79 Å². The molecule has 0 aromatic carbocycles. The Balaban J connectivity index is 1.57. The molecule has 0 atom stereocenters. The van der Waals surface area contributed by atoms with Gasteiger partial charge in [-0.15, -0.1) is 0 Å². The van der Waals surface area contributed by atoms with Gasteiger partial charge in [0.1, 0.15) is 11.2 Å². The van der Waals surface area contributed by atoms with Gasteiger partial charge in [-0.3, -0.25) is 9.89 Å². The van der Waals surface area contributed by atoms with Gasteiger partial charge in [-0.2, -0.15) is 5.10 Å². The minimum atomic E-state index is -0.166. The van der Waals surface area contributed by atoms with Gasteiger partial charge in [-0.05, 0) is 12.1 Å². The molecule has 4 rings (SSSR count). The molecule has 1 saturated heterocycles. The summed E-state index contributed by atoms with van der Waals surface area (Å²) in [5.74, 6) is 1.65. The van der Waals surface area contributed by atoms with E-state index in [1.807, 2.05) is 18.2 Å². The third-order valence-corrected chi connectivity index (χ3v) is 3.90. The molecule has 0 unspecified atom stereocenters. The van der Waals surface area contributed by atoms with Gasteiger partial charge in [0, 0.05) is 32.4 Å². The summed E-state index contributed by atoms with van der Waals surface area (Å²) in [5, 5.41) is 7.60. The molecule has 8 nitrogen and oxygen atoms in total. The molecular formula is C14H15N7O. The van der Waals surface area contributed by atoms with Crippen molar-refractivity contribution >= 4 is 22.7 Å². The van der Waals surface area contributed by atoms with Gasteiger partial charge in [0.15, 0.2) is 11.5 Å². The highest BCUT2D eigenvalue weighted by atomic mass is 16.1. The topological polar surface area (TPSA) is 93.8 Å². The molecule has 3 aromatic heterocycles. The predicted molar refractivity (Wildman–Crippen MR) is 83.2 cm³/mol. The van der Waals surface area contributed by atoms with Gasteiger partial charge < -0.3 is 14.8 Å². The van der Waals surface area contributed by atoms with Crippen molar-refractivity contribution in [2.45, 2.75) is 0 Å². The minimum Gasteiger partial charge on any atom is -0.353 e. The Morgan fingerprint density at radius 1 is 1.05 bits per heavy atom. The molecule has 0 bridgehead atoms. The molecule has 4 heterocycles. The maximum Gasteiger partial charge on any atom is 0.264 e. The molecule has 1 aliphatic rings. The van der Waals surface area contributed by atoms with Gasteiger partial charge in [0.05, 0.1) is 6.33 Å². The molecular weight excluding hydrogens is 282 g/mol. The van der Waals surface area contributed by atoms with Crippen LogP contribution in [0.5, 0.6) is 0 Å². The molecule has 112 valence electrons. The van der Waals surface area contributed by atoms with Crippen molar-refractivity contribution in [1.29, 1.82) is 0 Å². The van der Waals surface area contributed by atoms with Crippen LogP contribution in [-0.4, -0.2) is 51.3 Å². The first-order valence-electron chi connectivity index (χ1n) is 7.15. The number of pyridine rings is 1. The summed E-state index contributed by atoms with van der Waals surface area (Å²) in [4.78, 5) is 27.4. The summed E-state index contributed by atoms with van der Waals surface area (Å²) in [6, 6.07) is 5.91. The molecule has 1 aliphatic heterocycles. The van der Waals surface area contributed by atoms with E-state index in [0.717, 1.165) is 32.0 Å². The summed E-state index contributed by atoms with van der Waals surface area (Å²) < 4.78 is 0. The quantitative estimate of drug-likeness (QED) is 0.709. The van der Waals surface area contributed by atoms with Crippen LogP contribution in [0.2, 0.25) is 0 Å². The lowest BCUT2D eigenvalue weighted by atomic mass is 10.2. The molecule has 0 saturated carbocycles. The Kier molecular flexibility index (Phi) is 2.99. The highest BCUT2D eigenvalue weighted by molar-refractivity contribution is 5.86. The number of hydrogen-bond acceptors (Lipinski definition) is 6. The van der Waals surface area contributed by atoms with Crippen LogP contribution >= 0.6 is 0 Å². The average Bonchev–Trinajstić information content (AvgIpc) is 3.01. The fraction of sp³-hybridized carbons (Fsp3) is 0.286. The van der Waals surface area contributed by atoms with Gasteiger partial charge in [0.2, 0.25) is 0 Å². The molecule has 0 spiro atoms. The molecule has 0 aliphatic carbocycles. The van der Waals surface area contributed by atoms with E-state index < -0.39 is 0 Å². The van der Waals surface area contributed by atoms with Crippen LogP contribution in [0.3, 0.4) is 0 Å². The Bertz CT molecular complexity index is 833. The van der Waals surface area contributed by atoms with Crippen LogP contribution in [0.1, 0.15) is 0 Å². The minimum absolute atomic E-state index is 0.166. The molecule has 22 heavy (non-hydrogen) atoms. The van der Waals surface area contributed by atoms with E-state index in [-0.39, 0.29) is 5.56 Å². The third-order valence-electron chi connectivity index (χ3n) is 3.90. The number of piperazine rings is 1. The molecule has 8 heteroatoms. The van der Waals surface area contributed by atoms with E-state index in [1.54, 1.807) is 6.20 Å². The van der Waals surface area contributed by atoms with Gasteiger partial charge >= 0.3 is 0 Å². The number of aromatic amines is 2. The summed E-state index contributed by atoms with van der Waals surface area (Å²) >= 11 is 0. The van der Waals surface area contributed by atoms with Crippen LogP contribution in [0.25, 0.3) is 11.0 Å². The van der Waals surface area contributed by atoms with Crippen molar-refractivity contribution in [1.82, 2.24) is 25.1 Å². The van der Waals surface area contributed by atoms with Crippen LogP contribution in [-0.2, 0) is 0 Å². The van der Waals surface area contributed by atoms with E-state index in [0.29, 0.717) is 16.9 Å². The monoisotopic (exact) mass is 297 g/mol. The van der Waals surface area contributed by atoms with Crippen molar-refractivity contribution in [3.05, 3.63) is 41.1 Å². The summed E-state index contributed by atoms with van der Waals surface area (Å²) in [7, 11) is 0. The second-order valence-electron chi connectivity index (χ2n) is 5.16. The molecule has 0 radical (unpaired) electrons. The van der Waals surface area contributed by atoms with E-state index in [4.69, 9.17) is 0 Å². The van der Waals surface area contributed by atoms with Gasteiger partial charge in [-0.1, -0.05) is 6.07 Å². The van der Waals surface area contributed by atoms with Crippen LogP contribution in [0, 0.1) is 0 Å². The van der Waals surface area contributed by atoms with Crippen LogP contribution < -0.4 is 15.4 Å². The SMILES string of the molecule is O=c1[nH]cnc2[nH]nc(N3CCN(c4ccccn4)CC3)c12. The van der Waals surface area contributed by atoms with E-state index in [2.05, 4.69) is 34.9 Å². The Morgan fingerprint density at radius 2 is 1.86 bits per heavy atom. The fourth-order valence-electron chi connectivity index (χ4n) is 2.77. The summed E-state index contributed by atoms with van der Waals surface area (Å²) in [6.07, 6.45) is 3.18. The summed E-state index contributed by atoms with van der Waals surface area (Å²) in [6.45, 7) is 3.24. The van der Waals surface area contributed by atoms with Crippen LogP contribution in [0.15, 0.2) is 35.5 Å². The fourth-order valence-corrected chi connectivity index (χ4v) is 2.77. The smallest absolute Gasteiger partial charge is 0.264 e.